The van der Waals surface area contributed by atoms with Crippen molar-refractivity contribution >= 4 is 38.8 Å². The molecule has 0 bridgehead atoms. The highest BCUT2D eigenvalue weighted by Crippen LogP contribution is 2.45. The van der Waals surface area contributed by atoms with Crippen molar-refractivity contribution in [3.05, 3.63) is 69.8 Å². The molecule has 3 amide bonds. The molecule has 0 spiro atoms. The van der Waals surface area contributed by atoms with Crippen molar-refractivity contribution in [1.82, 2.24) is 14.8 Å². The molecule has 27 heavy (non-hydrogen) atoms. The summed E-state index contributed by atoms with van der Waals surface area (Å²) in [7, 11) is 0. The van der Waals surface area contributed by atoms with Gasteiger partial charge in [-0.25, -0.2) is 4.79 Å². The number of para-hydroxylation sites is 1. The Hall–Kier alpha value is -2.60. The number of hydrogen-bond acceptors (Lipinski definition) is 2. The molecule has 1 saturated heterocycles. The van der Waals surface area contributed by atoms with Crippen molar-refractivity contribution < 1.29 is 9.59 Å². The second-order valence-corrected chi connectivity index (χ2v) is 7.83. The maximum absolute atomic E-state index is 13.1. The van der Waals surface area contributed by atoms with Gasteiger partial charge in [0, 0.05) is 34.0 Å². The lowest BCUT2D eigenvalue weighted by molar-refractivity contribution is -0.128. The number of rotatable bonds is 2. The van der Waals surface area contributed by atoms with Crippen LogP contribution in [0.15, 0.2) is 53.0 Å². The van der Waals surface area contributed by atoms with Gasteiger partial charge in [0.05, 0.1) is 0 Å². The first-order chi connectivity index (χ1) is 13.1. The lowest BCUT2D eigenvalue weighted by Crippen LogP contribution is -2.44. The van der Waals surface area contributed by atoms with E-state index in [1.165, 1.54) is 4.90 Å². The number of carbonyl (C=O) groups excluding carboxylic acids is 2. The van der Waals surface area contributed by atoms with E-state index >= 15 is 0 Å². The van der Waals surface area contributed by atoms with Gasteiger partial charge in [-0.2, -0.15) is 0 Å². The number of nitrogens with one attached hydrogen (secondary N) is 1. The highest BCUT2D eigenvalue weighted by molar-refractivity contribution is 9.10. The van der Waals surface area contributed by atoms with Gasteiger partial charge in [0.1, 0.15) is 12.1 Å². The summed E-state index contributed by atoms with van der Waals surface area (Å²) in [6.07, 6.45) is 0.543. The zero-order valence-corrected chi connectivity index (χ0v) is 16.4. The lowest BCUT2D eigenvalue weighted by Gasteiger charge is -2.36. The van der Waals surface area contributed by atoms with Gasteiger partial charge in [0.2, 0.25) is 0 Å². The summed E-state index contributed by atoms with van der Waals surface area (Å²) in [6, 6.07) is 15.0. The molecule has 0 saturated carbocycles. The average molecular weight is 424 g/mol. The first-order valence-corrected chi connectivity index (χ1v) is 9.88. The Kier molecular flexibility index (Phi) is 3.65. The fourth-order valence-electron chi connectivity index (χ4n) is 4.44. The SMILES string of the molecule is CCN1C(=O)[C@H]2Cc3c([nH]c4ccccc34)[C@H](c3ccccc3Br)N2C1=O. The third kappa shape index (κ3) is 2.22. The first-order valence-electron chi connectivity index (χ1n) is 9.09. The lowest BCUT2D eigenvalue weighted by atomic mass is 9.89. The van der Waals surface area contributed by atoms with E-state index in [9.17, 15) is 9.59 Å². The highest BCUT2D eigenvalue weighted by atomic mass is 79.9. The van der Waals surface area contributed by atoms with E-state index < -0.39 is 6.04 Å². The molecule has 2 aliphatic rings. The van der Waals surface area contributed by atoms with Crippen molar-refractivity contribution in [2.75, 3.05) is 6.54 Å². The van der Waals surface area contributed by atoms with Crippen molar-refractivity contribution in [3.8, 4) is 0 Å². The number of benzene rings is 2. The molecule has 2 aliphatic heterocycles. The third-order valence-corrected chi connectivity index (χ3v) is 6.37. The van der Waals surface area contributed by atoms with Crippen LogP contribution in [-0.4, -0.2) is 39.3 Å². The summed E-state index contributed by atoms with van der Waals surface area (Å²) in [5, 5.41) is 1.12. The molecule has 1 aromatic heterocycles. The number of hydrogen-bond donors (Lipinski definition) is 1. The van der Waals surface area contributed by atoms with Crippen LogP contribution in [0.2, 0.25) is 0 Å². The van der Waals surface area contributed by atoms with Gasteiger partial charge in [-0.15, -0.1) is 0 Å². The molecule has 5 nitrogen and oxygen atoms in total. The van der Waals surface area contributed by atoms with Gasteiger partial charge in [0.25, 0.3) is 5.91 Å². The zero-order valence-electron chi connectivity index (χ0n) is 14.8. The molecule has 1 N–H and O–H groups in total. The van der Waals surface area contributed by atoms with Crippen LogP contribution in [0.4, 0.5) is 4.79 Å². The monoisotopic (exact) mass is 423 g/mol. The maximum Gasteiger partial charge on any atom is 0.328 e. The van der Waals surface area contributed by atoms with Crippen LogP contribution in [0.1, 0.15) is 29.8 Å². The second-order valence-electron chi connectivity index (χ2n) is 6.98. The second kappa shape index (κ2) is 5.96. The van der Waals surface area contributed by atoms with Gasteiger partial charge in [-0.05, 0) is 30.2 Å². The number of halogens is 1. The fourth-order valence-corrected chi connectivity index (χ4v) is 4.94. The Balaban J connectivity index is 1.79. The number of imide groups is 1. The molecule has 0 aliphatic carbocycles. The molecule has 3 heterocycles. The van der Waals surface area contributed by atoms with Gasteiger partial charge < -0.3 is 4.98 Å². The predicted molar refractivity (Wildman–Crippen MR) is 106 cm³/mol. The van der Waals surface area contributed by atoms with Crippen molar-refractivity contribution in [1.29, 1.82) is 0 Å². The minimum Gasteiger partial charge on any atom is -0.356 e. The molecule has 136 valence electrons. The van der Waals surface area contributed by atoms with Crippen LogP contribution >= 0.6 is 15.9 Å². The predicted octanol–water partition coefficient (Wildman–Crippen LogP) is 4.23. The van der Waals surface area contributed by atoms with Gasteiger partial charge in [0.15, 0.2) is 0 Å². The molecule has 2 aromatic carbocycles. The highest BCUT2D eigenvalue weighted by Gasteiger charge is 2.52. The van der Waals surface area contributed by atoms with E-state index in [1.807, 2.05) is 49.4 Å². The summed E-state index contributed by atoms with van der Waals surface area (Å²) >= 11 is 3.64. The number of urea groups is 1. The van der Waals surface area contributed by atoms with Crippen molar-refractivity contribution in [3.63, 3.8) is 0 Å². The zero-order chi connectivity index (χ0) is 18.7. The van der Waals surface area contributed by atoms with Crippen molar-refractivity contribution in [2.24, 2.45) is 0 Å². The molecular weight excluding hydrogens is 406 g/mol. The summed E-state index contributed by atoms with van der Waals surface area (Å²) < 4.78 is 0.926. The third-order valence-electron chi connectivity index (χ3n) is 5.65. The van der Waals surface area contributed by atoms with E-state index in [0.29, 0.717) is 13.0 Å². The summed E-state index contributed by atoms with van der Waals surface area (Å²) in [6.45, 7) is 2.23. The molecule has 5 rings (SSSR count). The van der Waals surface area contributed by atoms with Crippen LogP contribution in [0, 0.1) is 0 Å². The molecular formula is C21H18BrN3O2. The van der Waals surface area contributed by atoms with Crippen LogP contribution in [0.25, 0.3) is 10.9 Å². The van der Waals surface area contributed by atoms with Crippen LogP contribution in [0.3, 0.4) is 0 Å². The normalized spacial score (nSPS) is 21.7. The van der Waals surface area contributed by atoms with Gasteiger partial charge in [-0.1, -0.05) is 52.3 Å². The molecule has 0 unspecified atom stereocenters. The van der Waals surface area contributed by atoms with E-state index in [0.717, 1.165) is 32.2 Å². The number of aromatic nitrogens is 1. The molecule has 2 atom stereocenters. The quantitative estimate of drug-likeness (QED) is 0.627. The number of likely N-dealkylation sites (N-methyl/N-ethyl adjacent to an activating group) is 1. The van der Waals surface area contributed by atoms with Crippen LogP contribution in [-0.2, 0) is 11.2 Å². The summed E-state index contributed by atoms with van der Waals surface area (Å²) in [4.78, 5) is 32.7. The van der Waals surface area contributed by atoms with E-state index in [-0.39, 0.29) is 18.0 Å². The Morgan fingerprint density at radius 1 is 1.11 bits per heavy atom. The maximum atomic E-state index is 13.1. The number of fused-ring (bicyclic) bond motifs is 4. The Bertz CT molecular complexity index is 1090. The summed E-state index contributed by atoms with van der Waals surface area (Å²) in [5.41, 5.74) is 4.15. The van der Waals surface area contributed by atoms with Crippen LogP contribution < -0.4 is 0 Å². The topological polar surface area (TPSA) is 56.4 Å². The minimum atomic E-state index is -0.457. The molecule has 3 aromatic rings. The number of H-pyrrole nitrogens is 1. The smallest absolute Gasteiger partial charge is 0.328 e. The molecule has 6 heteroatoms. The van der Waals surface area contributed by atoms with E-state index in [1.54, 1.807) is 4.90 Å². The van der Waals surface area contributed by atoms with Crippen molar-refractivity contribution in [2.45, 2.75) is 25.4 Å². The van der Waals surface area contributed by atoms with Gasteiger partial charge >= 0.3 is 6.03 Å². The van der Waals surface area contributed by atoms with E-state index in [2.05, 4.69) is 27.0 Å². The van der Waals surface area contributed by atoms with E-state index in [4.69, 9.17) is 0 Å². The minimum absolute atomic E-state index is 0.101. The largest absolute Gasteiger partial charge is 0.356 e. The fraction of sp³-hybridized carbons (Fsp3) is 0.238. The Labute approximate surface area is 165 Å². The summed E-state index contributed by atoms with van der Waals surface area (Å²) in [5.74, 6) is -0.101. The van der Waals surface area contributed by atoms with Crippen LogP contribution in [0.5, 0.6) is 0 Å². The number of aromatic amines is 1. The number of nitrogens with zero attached hydrogens (tertiary/aromatic N) is 2. The Morgan fingerprint density at radius 3 is 2.63 bits per heavy atom. The first kappa shape index (κ1) is 16.6. The van der Waals surface area contributed by atoms with Gasteiger partial charge in [-0.3, -0.25) is 14.6 Å². The average Bonchev–Trinajstić information content (AvgIpc) is 3.16. The standard InChI is InChI=1S/C21H18BrN3O2/c1-2-24-20(26)17-11-14-12-7-4-6-10-16(12)23-18(14)19(25(17)21(24)27)13-8-3-5-9-15(13)22/h3-10,17,19,23H,2,11H2,1H3/t17-,19+/m1/s1. The Morgan fingerprint density at radius 2 is 1.85 bits per heavy atom. The molecule has 1 fully saturated rings. The number of carbonyl (C=O) groups is 2. The molecule has 0 radical (unpaired) electrons. The number of amides is 3.